The topological polar surface area (TPSA) is 73.1 Å². The van der Waals surface area contributed by atoms with E-state index in [1.165, 1.54) is 0 Å². The van der Waals surface area contributed by atoms with Gasteiger partial charge in [-0.3, -0.25) is 4.79 Å². The van der Waals surface area contributed by atoms with E-state index in [-0.39, 0.29) is 24.5 Å². The number of hydrogen-bond acceptors (Lipinski definition) is 3. The van der Waals surface area contributed by atoms with Crippen LogP contribution in [-0.2, 0) is 4.79 Å². The van der Waals surface area contributed by atoms with E-state index < -0.39 is 0 Å². The Bertz CT molecular complexity index is 203. The molecule has 0 aromatic rings. The second-order valence-corrected chi connectivity index (χ2v) is 2.82. The molecule has 0 spiro atoms. The van der Waals surface area contributed by atoms with Crippen LogP contribution in [0.3, 0.4) is 0 Å². The molecule has 1 fully saturated rings. The number of rotatable bonds is 3. The number of aliphatic hydroxyl groups excluding tert-OH is 1. The molecule has 0 aliphatic heterocycles. The summed E-state index contributed by atoms with van der Waals surface area (Å²) in [7, 11) is 0. The average molecular weight is 154 g/mol. The van der Waals surface area contributed by atoms with Crippen LogP contribution >= 0.6 is 0 Å². The van der Waals surface area contributed by atoms with Gasteiger partial charge in [-0.05, 0) is 12.8 Å². The lowest BCUT2D eigenvalue weighted by molar-refractivity contribution is -0.121. The fraction of sp³-hybridized carbons (Fsp3) is 0.714. The zero-order valence-electron chi connectivity index (χ0n) is 6.13. The Kier molecular flexibility index (Phi) is 2.11. The Labute approximate surface area is 64.8 Å². The predicted octanol–water partition coefficient (Wildman–Crippen LogP) is -0.459. The van der Waals surface area contributed by atoms with Crippen molar-refractivity contribution in [1.29, 1.82) is 5.26 Å². The first-order chi connectivity index (χ1) is 5.22. The van der Waals surface area contributed by atoms with Crippen LogP contribution in [0, 0.1) is 11.3 Å². The van der Waals surface area contributed by atoms with Gasteiger partial charge in [0.2, 0.25) is 5.91 Å². The summed E-state index contributed by atoms with van der Waals surface area (Å²) in [6, 6.07) is 1.75. The first-order valence-electron chi connectivity index (χ1n) is 3.51. The van der Waals surface area contributed by atoms with Gasteiger partial charge >= 0.3 is 0 Å². The van der Waals surface area contributed by atoms with Crippen LogP contribution in [-0.4, -0.2) is 23.2 Å². The van der Waals surface area contributed by atoms with Crippen molar-refractivity contribution >= 4 is 5.91 Å². The normalized spacial score (nSPS) is 18.5. The van der Waals surface area contributed by atoms with Crippen molar-refractivity contribution < 1.29 is 9.90 Å². The molecule has 0 unspecified atom stereocenters. The number of hydrogen-bond donors (Lipinski definition) is 2. The van der Waals surface area contributed by atoms with Crippen LogP contribution < -0.4 is 5.32 Å². The van der Waals surface area contributed by atoms with Crippen LogP contribution in [0.1, 0.15) is 19.3 Å². The largest absolute Gasteiger partial charge is 0.394 e. The third kappa shape index (κ3) is 1.92. The van der Waals surface area contributed by atoms with E-state index in [1.807, 2.05) is 0 Å². The molecule has 1 saturated carbocycles. The maximum Gasteiger partial charge on any atom is 0.234 e. The lowest BCUT2D eigenvalue weighted by Crippen LogP contribution is -2.39. The fourth-order valence-corrected chi connectivity index (χ4v) is 0.885. The highest BCUT2D eigenvalue weighted by molar-refractivity contribution is 5.79. The van der Waals surface area contributed by atoms with Gasteiger partial charge in [-0.25, -0.2) is 0 Å². The van der Waals surface area contributed by atoms with Crippen molar-refractivity contribution in [2.24, 2.45) is 0 Å². The maximum atomic E-state index is 10.8. The number of nitrogens with zero attached hydrogens (tertiary/aromatic N) is 1. The maximum absolute atomic E-state index is 10.8. The Balaban J connectivity index is 2.31. The molecule has 0 heterocycles. The van der Waals surface area contributed by atoms with Crippen molar-refractivity contribution in [3.8, 4) is 6.07 Å². The van der Waals surface area contributed by atoms with Crippen LogP contribution in [0.2, 0.25) is 0 Å². The van der Waals surface area contributed by atoms with E-state index in [4.69, 9.17) is 10.4 Å². The molecule has 60 valence electrons. The van der Waals surface area contributed by atoms with E-state index >= 15 is 0 Å². The molecule has 0 aromatic heterocycles. The zero-order chi connectivity index (χ0) is 8.32. The summed E-state index contributed by atoms with van der Waals surface area (Å²) in [5.74, 6) is -0.293. The fourth-order valence-electron chi connectivity index (χ4n) is 0.885. The molecule has 11 heavy (non-hydrogen) atoms. The van der Waals surface area contributed by atoms with Crippen molar-refractivity contribution in [1.82, 2.24) is 5.32 Å². The highest BCUT2D eigenvalue weighted by Gasteiger charge is 2.43. The summed E-state index contributed by atoms with van der Waals surface area (Å²) >= 11 is 0. The first kappa shape index (κ1) is 8.02. The van der Waals surface area contributed by atoms with Gasteiger partial charge in [0.25, 0.3) is 0 Å². The molecule has 1 rings (SSSR count). The van der Waals surface area contributed by atoms with Crippen LogP contribution in [0.15, 0.2) is 0 Å². The van der Waals surface area contributed by atoms with Gasteiger partial charge in [0.15, 0.2) is 0 Å². The molecule has 1 amide bonds. The molecule has 1 aliphatic carbocycles. The number of aliphatic hydroxyl groups is 1. The Morgan fingerprint density at radius 2 is 2.36 bits per heavy atom. The minimum Gasteiger partial charge on any atom is -0.394 e. The lowest BCUT2D eigenvalue weighted by atomic mass is 10.3. The Morgan fingerprint density at radius 3 is 2.73 bits per heavy atom. The zero-order valence-corrected chi connectivity index (χ0v) is 6.13. The summed E-state index contributed by atoms with van der Waals surface area (Å²) in [6.07, 6.45) is 1.52. The standard InChI is InChI=1S/C7H10N2O2/c8-4-1-6(11)9-7(5-10)2-3-7/h10H,1-3,5H2,(H,9,11). The van der Waals surface area contributed by atoms with E-state index in [0.717, 1.165) is 12.8 Å². The molecule has 0 bridgehead atoms. The van der Waals surface area contributed by atoms with E-state index in [9.17, 15) is 4.79 Å². The van der Waals surface area contributed by atoms with Crippen LogP contribution in [0.4, 0.5) is 0 Å². The number of carbonyl (C=O) groups is 1. The third-order valence-corrected chi connectivity index (χ3v) is 1.80. The number of carbonyl (C=O) groups excluding carboxylic acids is 1. The molecule has 4 nitrogen and oxygen atoms in total. The van der Waals surface area contributed by atoms with Gasteiger partial charge in [-0.15, -0.1) is 0 Å². The van der Waals surface area contributed by atoms with E-state index in [0.29, 0.717) is 0 Å². The van der Waals surface area contributed by atoms with Gasteiger partial charge in [0.05, 0.1) is 18.2 Å². The summed E-state index contributed by atoms with van der Waals surface area (Å²) in [5, 5.41) is 19.5. The summed E-state index contributed by atoms with van der Waals surface area (Å²) in [4.78, 5) is 10.8. The molecular weight excluding hydrogens is 144 g/mol. The highest BCUT2D eigenvalue weighted by atomic mass is 16.3. The summed E-state index contributed by atoms with van der Waals surface area (Å²) < 4.78 is 0. The van der Waals surface area contributed by atoms with Gasteiger partial charge in [0.1, 0.15) is 6.42 Å². The predicted molar refractivity (Wildman–Crippen MR) is 37.4 cm³/mol. The number of nitriles is 1. The minimum atomic E-state index is -0.381. The Hall–Kier alpha value is -1.08. The number of amides is 1. The SMILES string of the molecule is N#CCC(=O)NC1(CO)CC1. The molecule has 0 atom stereocenters. The van der Waals surface area contributed by atoms with E-state index in [2.05, 4.69) is 5.32 Å². The third-order valence-electron chi connectivity index (χ3n) is 1.80. The van der Waals surface area contributed by atoms with Gasteiger partial charge in [-0.2, -0.15) is 5.26 Å². The van der Waals surface area contributed by atoms with Gasteiger partial charge < -0.3 is 10.4 Å². The van der Waals surface area contributed by atoms with Crippen molar-refractivity contribution in [2.75, 3.05) is 6.61 Å². The van der Waals surface area contributed by atoms with Crippen molar-refractivity contribution in [2.45, 2.75) is 24.8 Å². The second kappa shape index (κ2) is 2.89. The average Bonchev–Trinajstić information content (AvgIpc) is 2.70. The molecule has 0 saturated heterocycles. The molecular formula is C7H10N2O2. The molecule has 4 heteroatoms. The minimum absolute atomic E-state index is 0.0236. The quantitative estimate of drug-likeness (QED) is 0.577. The van der Waals surface area contributed by atoms with Crippen LogP contribution in [0.5, 0.6) is 0 Å². The lowest BCUT2D eigenvalue weighted by Gasteiger charge is -2.11. The van der Waals surface area contributed by atoms with Crippen LogP contribution in [0.25, 0.3) is 0 Å². The van der Waals surface area contributed by atoms with E-state index in [1.54, 1.807) is 6.07 Å². The summed E-state index contributed by atoms with van der Waals surface area (Å²) in [5.41, 5.74) is -0.381. The van der Waals surface area contributed by atoms with Gasteiger partial charge in [0, 0.05) is 0 Å². The molecule has 1 aliphatic rings. The number of nitrogens with one attached hydrogen (secondary N) is 1. The smallest absolute Gasteiger partial charge is 0.234 e. The summed E-state index contributed by atoms with van der Waals surface area (Å²) in [6.45, 7) is -0.0236. The van der Waals surface area contributed by atoms with Crippen molar-refractivity contribution in [3.05, 3.63) is 0 Å². The Morgan fingerprint density at radius 1 is 1.73 bits per heavy atom. The highest BCUT2D eigenvalue weighted by Crippen LogP contribution is 2.34. The monoisotopic (exact) mass is 154 g/mol. The molecule has 0 aromatic carbocycles. The molecule has 2 N–H and O–H groups in total. The first-order valence-corrected chi connectivity index (χ1v) is 3.51. The van der Waals surface area contributed by atoms with Gasteiger partial charge in [-0.1, -0.05) is 0 Å². The van der Waals surface area contributed by atoms with Crippen molar-refractivity contribution in [3.63, 3.8) is 0 Å². The molecule has 0 radical (unpaired) electrons. The second-order valence-electron chi connectivity index (χ2n) is 2.82.